The van der Waals surface area contributed by atoms with Gasteiger partial charge in [0.25, 0.3) is 5.56 Å². The van der Waals surface area contributed by atoms with Crippen LogP contribution in [0.25, 0.3) is 17.0 Å². The van der Waals surface area contributed by atoms with Crippen molar-refractivity contribution in [3.05, 3.63) is 28.3 Å². The zero-order valence-corrected chi connectivity index (χ0v) is 15.5. The number of hydrogen-bond acceptors (Lipinski definition) is 5. The lowest BCUT2D eigenvalue weighted by Gasteiger charge is -2.20. The molecule has 3 aromatic heterocycles. The van der Waals surface area contributed by atoms with Gasteiger partial charge in [-0.2, -0.15) is 19.9 Å². The molecule has 0 unspecified atom stereocenters. The molecule has 2 N–H and O–H groups in total. The van der Waals surface area contributed by atoms with Gasteiger partial charge in [0.1, 0.15) is 11.2 Å². The van der Waals surface area contributed by atoms with Crippen molar-refractivity contribution < 1.29 is 4.79 Å². The summed E-state index contributed by atoms with van der Waals surface area (Å²) in [6.45, 7) is 1.83. The minimum absolute atomic E-state index is 0.0352. The number of nitrogens with one attached hydrogen (secondary N) is 2. The molecule has 3 aromatic rings. The van der Waals surface area contributed by atoms with Gasteiger partial charge in [-0.05, 0) is 25.7 Å². The molecule has 1 saturated carbocycles. The van der Waals surface area contributed by atoms with Gasteiger partial charge in [0.2, 0.25) is 11.9 Å². The fourth-order valence-electron chi connectivity index (χ4n) is 3.72. The summed E-state index contributed by atoms with van der Waals surface area (Å²) in [5.41, 5.74) is 0.882. The van der Waals surface area contributed by atoms with Crippen LogP contribution in [-0.2, 0) is 11.8 Å². The van der Waals surface area contributed by atoms with E-state index in [-0.39, 0.29) is 17.4 Å². The number of hydrogen-bond donors (Lipinski definition) is 2. The number of fused-ring (bicyclic) bond motifs is 1. The summed E-state index contributed by atoms with van der Waals surface area (Å²) in [6, 6.07) is 1.77. The quantitative estimate of drug-likeness (QED) is 0.731. The molecule has 9 heteroatoms. The Balaban J connectivity index is 1.62. The summed E-state index contributed by atoms with van der Waals surface area (Å²) in [5.74, 6) is 1.15. The van der Waals surface area contributed by atoms with Crippen molar-refractivity contribution in [2.75, 3.05) is 5.32 Å². The number of carbonyl (C=O) groups is 1. The maximum atomic E-state index is 12.5. The highest BCUT2D eigenvalue weighted by Gasteiger charge is 2.19. The van der Waals surface area contributed by atoms with Crippen LogP contribution in [0.1, 0.15) is 44.2 Å². The van der Waals surface area contributed by atoms with Crippen molar-refractivity contribution in [2.24, 2.45) is 13.0 Å². The molecule has 27 heavy (non-hydrogen) atoms. The first-order chi connectivity index (χ1) is 13.0. The largest absolute Gasteiger partial charge is 0.310 e. The van der Waals surface area contributed by atoms with Gasteiger partial charge < -0.3 is 5.32 Å². The predicted molar refractivity (Wildman–Crippen MR) is 101 cm³/mol. The minimum atomic E-state index is -0.296. The second-order valence-electron chi connectivity index (χ2n) is 7.23. The van der Waals surface area contributed by atoms with Crippen molar-refractivity contribution in [1.82, 2.24) is 29.5 Å². The molecule has 4 rings (SSSR count). The first kappa shape index (κ1) is 17.4. The highest BCUT2D eigenvalue weighted by atomic mass is 16.1. The fourth-order valence-corrected chi connectivity index (χ4v) is 3.72. The summed E-state index contributed by atoms with van der Waals surface area (Å²) in [6.07, 6.45) is 7.87. The highest BCUT2D eigenvalue weighted by molar-refractivity contribution is 5.90. The van der Waals surface area contributed by atoms with Crippen molar-refractivity contribution in [3.8, 4) is 5.95 Å². The highest BCUT2D eigenvalue weighted by Crippen LogP contribution is 2.26. The van der Waals surface area contributed by atoms with Crippen molar-refractivity contribution in [3.63, 3.8) is 0 Å². The number of carbonyl (C=O) groups excluding carboxylic acids is 1. The zero-order chi connectivity index (χ0) is 19.0. The Labute approximate surface area is 155 Å². The molecule has 0 spiro atoms. The van der Waals surface area contributed by atoms with E-state index in [1.807, 2.05) is 6.92 Å². The van der Waals surface area contributed by atoms with E-state index in [2.05, 4.69) is 25.5 Å². The van der Waals surface area contributed by atoms with Gasteiger partial charge in [0.15, 0.2) is 5.65 Å². The van der Waals surface area contributed by atoms with Gasteiger partial charge in [-0.3, -0.25) is 19.3 Å². The molecule has 0 bridgehead atoms. The van der Waals surface area contributed by atoms with Crippen LogP contribution in [0.4, 0.5) is 5.82 Å². The van der Waals surface area contributed by atoms with Crippen LogP contribution in [-0.4, -0.2) is 35.4 Å². The Morgan fingerprint density at radius 2 is 2.11 bits per heavy atom. The van der Waals surface area contributed by atoms with Crippen LogP contribution in [0.5, 0.6) is 0 Å². The van der Waals surface area contributed by atoms with E-state index in [1.165, 1.54) is 34.8 Å². The van der Waals surface area contributed by atoms with Crippen molar-refractivity contribution in [1.29, 1.82) is 0 Å². The molecule has 1 fully saturated rings. The third-order valence-electron chi connectivity index (χ3n) is 5.09. The molecule has 1 aliphatic rings. The van der Waals surface area contributed by atoms with E-state index in [1.54, 1.807) is 13.1 Å². The zero-order valence-electron chi connectivity index (χ0n) is 15.5. The van der Waals surface area contributed by atoms with E-state index >= 15 is 0 Å². The SMILES string of the molecule is Cc1cc(NC(=O)CC2CCCCC2)n(-c2nc3c(cnn3C)c(=O)[nH]2)n1. The third-order valence-corrected chi connectivity index (χ3v) is 5.09. The molecule has 3 heterocycles. The van der Waals surface area contributed by atoms with Gasteiger partial charge in [-0.1, -0.05) is 19.3 Å². The summed E-state index contributed by atoms with van der Waals surface area (Å²) in [4.78, 5) is 32.0. The molecular formula is C18H23N7O2. The Bertz CT molecular complexity index is 1040. The molecule has 0 radical (unpaired) electrons. The number of aryl methyl sites for hydroxylation is 2. The van der Waals surface area contributed by atoms with Crippen molar-refractivity contribution >= 4 is 22.8 Å². The summed E-state index contributed by atoms with van der Waals surface area (Å²) < 4.78 is 2.99. The molecule has 0 aliphatic heterocycles. The van der Waals surface area contributed by atoms with Crippen LogP contribution in [0.2, 0.25) is 0 Å². The molecule has 1 amide bonds. The minimum Gasteiger partial charge on any atom is -0.310 e. The number of H-pyrrole nitrogens is 1. The topological polar surface area (TPSA) is 110 Å². The standard InChI is InChI=1S/C18H23N7O2/c1-11-8-14(20-15(26)9-12-6-4-3-5-7-12)25(23-11)18-21-16-13(17(27)22-18)10-19-24(16)2/h8,10,12H,3-7,9H2,1-2H3,(H,20,26)(H,21,22,27). The normalized spacial score (nSPS) is 15.3. The molecule has 0 atom stereocenters. The lowest BCUT2D eigenvalue weighted by Crippen LogP contribution is -2.21. The number of aromatic amines is 1. The van der Waals surface area contributed by atoms with Gasteiger partial charge >= 0.3 is 0 Å². The van der Waals surface area contributed by atoms with Gasteiger partial charge in [0.05, 0.1) is 11.9 Å². The van der Waals surface area contributed by atoms with Gasteiger partial charge in [0, 0.05) is 19.5 Å². The average Bonchev–Trinajstić information content (AvgIpc) is 3.19. The monoisotopic (exact) mass is 369 g/mol. The maximum Gasteiger partial charge on any atom is 0.263 e. The number of anilines is 1. The molecule has 0 aromatic carbocycles. The number of rotatable bonds is 4. The van der Waals surface area contributed by atoms with Crippen molar-refractivity contribution in [2.45, 2.75) is 45.4 Å². The smallest absolute Gasteiger partial charge is 0.263 e. The number of amides is 1. The van der Waals surface area contributed by atoms with Crippen LogP contribution in [0.3, 0.4) is 0 Å². The van der Waals surface area contributed by atoms with E-state index < -0.39 is 0 Å². The molecule has 142 valence electrons. The molecule has 1 aliphatic carbocycles. The van der Waals surface area contributed by atoms with E-state index in [0.717, 1.165) is 18.5 Å². The van der Waals surface area contributed by atoms with Crippen LogP contribution in [0.15, 0.2) is 17.1 Å². The van der Waals surface area contributed by atoms with Crippen LogP contribution < -0.4 is 10.9 Å². The fraction of sp³-hybridized carbons (Fsp3) is 0.500. The number of nitrogens with zero attached hydrogens (tertiary/aromatic N) is 5. The summed E-state index contributed by atoms with van der Waals surface area (Å²) in [7, 11) is 1.72. The lowest BCUT2D eigenvalue weighted by atomic mass is 9.87. The van der Waals surface area contributed by atoms with E-state index in [9.17, 15) is 9.59 Å². The summed E-state index contributed by atoms with van der Waals surface area (Å²) in [5, 5.41) is 11.8. The summed E-state index contributed by atoms with van der Waals surface area (Å²) >= 11 is 0. The first-order valence-electron chi connectivity index (χ1n) is 9.30. The Hall–Kier alpha value is -2.97. The van der Waals surface area contributed by atoms with Crippen LogP contribution in [0, 0.1) is 12.8 Å². The third kappa shape index (κ3) is 3.49. The second kappa shape index (κ2) is 6.98. The molecular weight excluding hydrogens is 346 g/mol. The van der Waals surface area contributed by atoms with Gasteiger partial charge in [-0.15, -0.1) is 0 Å². The van der Waals surface area contributed by atoms with E-state index in [4.69, 9.17) is 0 Å². The Morgan fingerprint density at radius 1 is 1.33 bits per heavy atom. The predicted octanol–water partition coefficient (Wildman–Crippen LogP) is 2.06. The average molecular weight is 369 g/mol. The maximum absolute atomic E-state index is 12.5. The molecule has 0 saturated heterocycles. The van der Waals surface area contributed by atoms with E-state index in [0.29, 0.717) is 29.2 Å². The second-order valence-corrected chi connectivity index (χ2v) is 7.23. The Kier molecular flexibility index (Phi) is 4.51. The molecule has 9 nitrogen and oxygen atoms in total. The van der Waals surface area contributed by atoms with Crippen LogP contribution >= 0.6 is 0 Å². The van der Waals surface area contributed by atoms with Gasteiger partial charge in [-0.25, -0.2) is 0 Å². The number of aromatic nitrogens is 6. The first-order valence-corrected chi connectivity index (χ1v) is 9.30. The lowest BCUT2D eigenvalue weighted by molar-refractivity contribution is -0.117. The Morgan fingerprint density at radius 3 is 2.89 bits per heavy atom.